The Balaban J connectivity index is 1.69. The first-order chi connectivity index (χ1) is 11.7. The first-order valence-electron chi connectivity index (χ1n) is 7.63. The van der Waals surface area contributed by atoms with Crippen molar-refractivity contribution >= 4 is 23.8 Å². The SMILES string of the molecule is CCOC(=O)NC(=O)CSc1nnc(-c2ccncc2)n1C1CC1. The van der Waals surface area contributed by atoms with Crippen molar-refractivity contribution in [3.63, 3.8) is 0 Å². The molecule has 0 aliphatic heterocycles. The van der Waals surface area contributed by atoms with Crippen LogP contribution in [0.15, 0.2) is 29.7 Å². The molecule has 9 heteroatoms. The molecule has 126 valence electrons. The highest BCUT2D eigenvalue weighted by molar-refractivity contribution is 7.99. The summed E-state index contributed by atoms with van der Waals surface area (Å²) in [7, 11) is 0. The number of thioether (sulfide) groups is 1. The fourth-order valence-corrected chi connectivity index (χ4v) is 2.99. The van der Waals surface area contributed by atoms with Gasteiger partial charge in [-0.15, -0.1) is 10.2 Å². The van der Waals surface area contributed by atoms with Gasteiger partial charge in [0.25, 0.3) is 0 Å². The average molecular weight is 347 g/mol. The Bertz CT molecular complexity index is 730. The number of rotatable bonds is 6. The summed E-state index contributed by atoms with van der Waals surface area (Å²) in [5.74, 6) is 0.419. The van der Waals surface area contributed by atoms with Crippen LogP contribution in [0.1, 0.15) is 25.8 Å². The molecule has 0 unspecified atom stereocenters. The number of amides is 2. The minimum absolute atomic E-state index is 0.0695. The summed E-state index contributed by atoms with van der Waals surface area (Å²) in [5, 5.41) is 11.3. The molecule has 1 N–H and O–H groups in total. The van der Waals surface area contributed by atoms with E-state index < -0.39 is 12.0 Å². The van der Waals surface area contributed by atoms with E-state index in [1.807, 2.05) is 12.1 Å². The highest BCUT2D eigenvalue weighted by Crippen LogP contribution is 2.40. The largest absolute Gasteiger partial charge is 0.450 e. The summed E-state index contributed by atoms with van der Waals surface area (Å²) >= 11 is 1.25. The molecule has 2 heterocycles. The molecule has 0 aromatic carbocycles. The Hall–Kier alpha value is -2.42. The standard InChI is InChI=1S/C15H17N5O3S/c1-2-23-15(22)17-12(21)9-24-14-19-18-13(20(14)11-3-4-11)10-5-7-16-8-6-10/h5-8,11H,2-4,9H2,1H3,(H,17,21,22). The van der Waals surface area contributed by atoms with Crippen molar-refractivity contribution in [3.8, 4) is 11.4 Å². The molecule has 24 heavy (non-hydrogen) atoms. The Morgan fingerprint density at radius 3 is 2.75 bits per heavy atom. The second-order valence-electron chi connectivity index (χ2n) is 5.20. The molecule has 2 aromatic rings. The smallest absolute Gasteiger partial charge is 0.413 e. The van der Waals surface area contributed by atoms with Crippen LogP contribution in [0.4, 0.5) is 4.79 Å². The quantitative estimate of drug-likeness (QED) is 0.798. The van der Waals surface area contributed by atoms with Gasteiger partial charge in [-0.25, -0.2) is 4.79 Å². The number of alkyl carbamates (subject to hydrolysis) is 1. The van der Waals surface area contributed by atoms with Gasteiger partial charge in [-0.2, -0.15) is 0 Å². The minimum Gasteiger partial charge on any atom is -0.450 e. The third-order valence-corrected chi connectivity index (χ3v) is 4.31. The van der Waals surface area contributed by atoms with E-state index in [1.165, 1.54) is 11.8 Å². The van der Waals surface area contributed by atoms with Crippen LogP contribution in [0.2, 0.25) is 0 Å². The maximum Gasteiger partial charge on any atom is 0.413 e. The molecule has 0 radical (unpaired) electrons. The van der Waals surface area contributed by atoms with E-state index in [0.717, 1.165) is 24.2 Å². The Morgan fingerprint density at radius 2 is 2.08 bits per heavy atom. The molecular formula is C15H17N5O3S. The van der Waals surface area contributed by atoms with Gasteiger partial charge in [-0.3, -0.25) is 19.7 Å². The second kappa shape index (κ2) is 7.43. The van der Waals surface area contributed by atoms with Gasteiger partial charge in [0.2, 0.25) is 5.91 Å². The molecule has 0 bridgehead atoms. The van der Waals surface area contributed by atoms with Crippen LogP contribution in [-0.2, 0) is 9.53 Å². The van der Waals surface area contributed by atoms with Crippen molar-refractivity contribution in [1.29, 1.82) is 0 Å². The molecule has 2 aromatic heterocycles. The van der Waals surface area contributed by atoms with Crippen molar-refractivity contribution in [2.45, 2.75) is 31.0 Å². The molecule has 1 aliphatic carbocycles. The van der Waals surface area contributed by atoms with Crippen LogP contribution in [0.3, 0.4) is 0 Å². The number of carbonyl (C=O) groups excluding carboxylic acids is 2. The van der Waals surface area contributed by atoms with Crippen molar-refractivity contribution < 1.29 is 14.3 Å². The van der Waals surface area contributed by atoms with Crippen LogP contribution in [-0.4, -0.2) is 44.1 Å². The monoisotopic (exact) mass is 347 g/mol. The zero-order valence-corrected chi connectivity index (χ0v) is 14.0. The van der Waals surface area contributed by atoms with Gasteiger partial charge in [0.1, 0.15) is 0 Å². The third kappa shape index (κ3) is 3.91. The van der Waals surface area contributed by atoms with Gasteiger partial charge >= 0.3 is 6.09 Å². The number of nitrogens with zero attached hydrogens (tertiary/aromatic N) is 4. The first-order valence-corrected chi connectivity index (χ1v) is 8.62. The maximum absolute atomic E-state index is 11.8. The zero-order chi connectivity index (χ0) is 16.9. The van der Waals surface area contributed by atoms with Crippen molar-refractivity contribution in [1.82, 2.24) is 25.1 Å². The summed E-state index contributed by atoms with van der Waals surface area (Å²) in [6.45, 7) is 1.90. The van der Waals surface area contributed by atoms with Gasteiger partial charge < -0.3 is 4.74 Å². The van der Waals surface area contributed by atoms with Crippen molar-refractivity contribution in [2.24, 2.45) is 0 Å². The summed E-state index contributed by atoms with van der Waals surface area (Å²) in [4.78, 5) is 27.0. The van der Waals surface area contributed by atoms with Gasteiger partial charge in [0.15, 0.2) is 11.0 Å². The summed E-state index contributed by atoms with van der Waals surface area (Å²) < 4.78 is 6.73. The minimum atomic E-state index is -0.732. The van der Waals surface area contributed by atoms with Crippen LogP contribution < -0.4 is 5.32 Å². The molecule has 1 aliphatic rings. The van der Waals surface area contributed by atoms with Crippen molar-refractivity contribution in [3.05, 3.63) is 24.5 Å². The lowest BCUT2D eigenvalue weighted by atomic mass is 10.2. The van der Waals surface area contributed by atoms with E-state index in [2.05, 4.69) is 29.8 Å². The Kier molecular flexibility index (Phi) is 5.09. The topological polar surface area (TPSA) is 99.0 Å². The first kappa shape index (κ1) is 16.4. The molecule has 1 saturated carbocycles. The Morgan fingerprint density at radius 1 is 1.33 bits per heavy atom. The molecular weight excluding hydrogens is 330 g/mol. The summed E-state index contributed by atoms with van der Waals surface area (Å²) in [6, 6.07) is 4.12. The molecule has 2 amide bonds. The number of hydrogen-bond acceptors (Lipinski definition) is 7. The number of aromatic nitrogens is 4. The van der Waals surface area contributed by atoms with Crippen LogP contribution >= 0.6 is 11.8 Å². The van der Waals surface area contributed by atoms with Gasteiger partial charge in [-0.05, 0) is 31.9 Å². The number of hydrogen-bond donors (Lipinski definition) is 1. The number of carbonyl (C=O) groups is 2. The molecule has 3 rings (SSSR count). The maximum atomic E-state index is 11.8. The van der Waals surface area contributed by atoms with E-state index in [1.54, 1.807) is 19.3 Å². The summed E-state index contributed by atoms with van der Waals surface area (Å²) in [6.07, 6.45) is 4.82. The Labute approximate surface area is 143 Å². The lowest BCUT2D eigenvalue weighted by Gasteiger charge is -2.08. The van der Waals surface area contributed by atoms with E-state index >= 15 is 0 Å². The predicted molar refractivity (Wildman–Crippen MR) is 87.4 cm³/mol. The molecule has 8 nitrogen and oxygen atoms in total. The van der Waals surface area contributed by atoms with Gasteiger partial charge in [-0.1, -0.05) is 11.8 Å². The normalized spacial score (nSPS) is 13.5. The number of pyridine rings is 1. The van der Waals surface area contributed by atoms with Gasteiger partial charge in [0.05, 0.1) is 12.4 Å². The predicted octanol–water partition coefficient (Wildman–Crippen LogP) is 2.04. The number of imide groups is 1. The second-order valence-corrected chi connectivity index (χ2v) is 6.14. The summed E-state index contributed by atoms with van der Waals surface area (Å²) in [5.41, 5.74) is 0.937. The fraction of sp³-hybridized carbons (Fsp3) is 0.400. The van der Waals surface area contributed by atoms with E-state index in [-0.39, 0.29) is 12.4 Å². The highest BCUT2D eigenvalue weighted by atomic mass is 32.2. The molecule has 0 saturated heterocycles. The number of nitrogens with one attached hydrogen (secondary N) is 1. The molecule has 0 atom stereocenters. The number of ether oxygens (including phenoxy) is 1. The lowest BCUT2D eigenvalue weighted by molar-refractivity contribution is -0.117. The third-order valence-electron chi connectivity index (χ3n) is 3.36. The van der Waals surface area contributed by atoms with Gasteiger partial charge in [0, 0.05) is 24.0 Å². The van der Waals surface area contributed by atoms with Crippen LogP contribution in [0, 0.1) is 0 Å². The van der Waals surface area contributed by atoms with E-state index in [4.69, 9.17) is 0 Å². The zero-order valence-electron chi connectivity index (χ0n) is 13.1. The fourth-order valence-electron chi connectivity index (χ4n) is 2.18. The highest BCUT2D eigenvalue weighted by Gasteiger charge is 2.30. The average Bonchev–Trinajstić information content (AvgIpc) is 3.33. The van der Waals surface area contributed by atoms with Crippen molar-refractivity contribution in [2.75, 3.05) is 12.4 Å². The van der Waals surface area contributed by atoms with Crippen LogP contribution in [0.25, 0.3) is 11.4 Å². The van der Waals surface area contributed by atoms with E-state index in [9.17, 15) is 9.59 Å². The van der Waals surface area contributed by atoms with Crippen LogP contribution in [0.5, 0.6) is 0 Å². The molecule has 1 fully saturated rings. The van der Waals surface area contributed by atoms with E-state index in [0.29, 0.717) is 11.2 Å². The lowest BCUT2D eigenvalue weighted by Crippen LogP contribution is -2.32. The molecule has 0 spiro atoms.